The van der Waals surface area contributed by atoms with Crippen LogP contribution in [0.4, 0.5) is 0 Å². The van der Waals surface area contributed by atoms with Crippen LogP contribution in [0.1, 0.15) is 105 Å². The lowest BCUT2D eigenvalue weighted by Crippen LogP contribution is -2.67. The molecule has 21 atom stereocenters. The van der Waals surface area contributed by atoms with Crippen molar-refractivity contribution in [1.82, 2.24) is 0 Å². The van der Waals surface area contributed by atoms with Crippen molar-refractivity contribution in [3.63, 3.8) is 0 Å². The molecule has 8 aliphatic rings. The number of carbonyl (C=O) groups excluding carboxylic acids is 1. The predicted molar refractivity (Wildman–Crippen MR) is 193 cm³/mol. The summed E-state index contributed by atoms with van der Waals surface area (Å²) in [4.78, 5) is 11.9. The number of hydrogen-bond acceptors (Lipinski definition) is 14. The minimum absolute atomic E-state index is 0.0452. The Kier molecular flexibility index (Phi) is 11.1. The molecule has 4 unspecified atom stereocenters. The smallest absolute Gasteiger partial charge is 0.331 e. The van der Waals surface area contributed by atoms with Crippen LogP contribution in [0, 0.1) is 34.5 Å². The summed E-state index contributed by atoms with van der Waals surface area (Å²) in [7, 11) is 0. The van der Waals surface area contributed by atoms with Crippen molar-refractivity contribution < 1.29 is 68.6 Å². The van der Waals surface area contributed by atoms with Gasteiger partial charge < -0.3 is 63.8 Å². The van der Waals surface area contributed by atoms with Crippen LogP contribution in [-0.4, -0.2) is 135 Å². The monoisotopic (exact) mass is 780 g/mol. The Bertz CT molecular complexity index is 1410. The van der Waals surface area contributed by atoms with Gasteiger partial charge in [-0.05, 0) is 107 Å². The lowest BCUT2D eigenvalue weighted by atomic mass is 9.42. The Morgan fingerprint density at radius 2 is 1.29 bits per heavy atom. The summed E-state index contributed by atoms with van der Waals surface area (Å²) in [5.41, 5.74) is -0.892. The van der Waals surface area contributed by atoms with Crippen LogP contribution in [0.15, 0.2) is 11.6 Å². The van der Waals surface area contributed by atoms with Gasteiger partial charge in [-0.25, -0.2) is 4.79 Å². The summed E-state index contributed by atoms with van der Waals surface area (Å²) in [6.45, 7) is 9.90. The molecule has 4 saturated carbocycles. The number of ether oxygens (including phenoxy) is 7. The van der Waals surface area contributed by atoms with Crippen LogP contribution in [-0.2, 0) is 38.0 Å². The minimum atomic E-state index is -1.01. The van der Waals surface area contributed by atoms with Gasteiger partial charge in [-0.1, -0.05) is 13.8 Å². The van der Waals surface area contributed by atoms with Crippen LogP contribution < -0.4 is 0 Å². The van der Waals surface area contributed by atoms with Crippen molar-refractivity contribution in [2.75, 3.05) is 6.61 Å². The standard InChI is InChI=1S/C41H64O14/c1-19-36(47)28(42)15-34(50-19)54-38-21(3)52-35(17-30(38)44)55-37-20(2)51-33(16-29(37)43)53-24-8-10-39(4)23(13-24)6-7-26-27(39)14-31(45)40(5)25(9-11-41(26,40)48)22-12-32(46)49-18-22/h12,19-21,23-31,33-38,42-45,47-48H,6-11,13-18H2,1-5H3/t19?,20?,21?,23-,24?,25-,26-,27+,28-,29-,30-,31-,33+,34+,35+,36-,37-,38-,39+,40+,41+/m1/s1. The molecule has 0 aromatic rings. The second-order valence-corrected chi connectivity index (χ2v) is 18.8. The molecule has 0 aromatic heterocycles. The summed E-state index contributed by atoms with van der Waals surface area (Å²) >= 11 is 0. The fourth-order valence-electron chi connectivity index (χ4n) is 12.8. The molecule has 14 nitrogen and oxygen atoms in total. The van der Waals surface area contributed by atoms with E-state index in [0.717, 1.165) is 44.1 Å². The van der Waals surface area contributed by atoms with Crippen molar-refractivity contribution >= 4 is 5.97 Å². The average molecular weight is 781 g/mol. The molecule has 7 fully saturated rings. The SMILES string of the molecule is CC1O[C@@H](O[C@@H]2C(C)O[C@@H](O[C@@H]3C(C)O[C@@H](OC4CC[C@@]5(C)[C@H](CC[C@@H]6[C@@H]5C[C@@H](O)[C@]5(C)[C@@H](C7=CC(=O)OC7)CC[C@]65O)C4)C[C@H]3O)C[C@H]2O)C[C@@H](O)[C@@H]1O. The maximum absolute atomic E-state index is 12.6. The molecule has 0 aromatic carbocycles. The summed E-state index contributed by atoms with van der Waals surface area (Å²) in [6, 6.07) is 0. The number of carbonyl (C=O) groups is 1. The van der Waals surface area contributed by atoms with E-state index in [-0.39, 0.29) is 61.1 Å². The Hall–Kier alpha value is -1.27. The lowest BCUT2D eigenvalue weighted by molar-refractivity contribution is -0.336. The molecule has 4 heterocycles. The number of fused-ring (bicyclic) bond motifs is 5. The van der Waals surface area contributed by atoms with Gasteiger partial charge in [0.15, 0.2) is 18.9 Å². The first-order valence-corrected chi connectivity index (χ1v) is 20.9. The van der Waals surface area contributed by atoms with E-state index in [9.17, 15) is 35.4 Å². The highest BCUT2D eigenvalue weighted by Crippen LogP contribution is 2.70. The van der Waals surface area contributed by atoms with Crippen LogP contribution in [0.2, 0.25) is 0 Å². The highest BCUT2D eigenvalue weighted by Gasteiger charge is 2.71. The van der Waals surface area contributed by atoms with Crippen LogP contribution in [0.3, 0.4) is 0 Å². The lowest BCUT2D eigenvalue weighted by Gasteiger charge is -2.65. The van der Waals surface area contributed by atoms with E-state index >= 15 is 0 Å². The van der Waals surface area contributed by atoms with Gasteiger partial charge in [0.1, 0.15) is 24.9 Å². The molecular weight excluding hydrogens is 716 g/mol. The number of rotatable bonds is 7. The first-order chi connectivity index (χ1) is 26.0. The predicted octanol–water partition coefficient (Wildman–Crippen LogP) is 2.22. The Balaban J connectivity index is 0.837. The zero-order chi connectivity index (χ0) is 39.2. The summed E-state index contributed by atoms with van der Waals surface area (Å²) in [5.74, 6) is 0.204. The molecule has 4 aliphatic heterocycles. The van der Waals surface area contributed by atoms with E-state index in [4.69, 9.17) is 33.2 Å². The first kappa shape index (κ1) is 40.5. The minimum Gasteiger partial charge on any atom is -0.458 e. The molecule has 4 aliphatic carbocycles. The van der Waals surface area contributed by atoms with E-state index in [1.807, 2.05) is 13.8 Å². The topological polar surface area (TPSA) is 203 Å². The zero-order valence-electron chi connectivity index (χ0n) is 32.9. The highest BCUT2D eigenvalue weighted by molar-refractivity contribution is 5.85. The fraction of sp³-hybridized carbons (Fsp3) is 0.927. The normalized spacial score (nSPS) is 55.5. The molecule has 3 saturated heterocycles. The van der Waals surface area contributed by atoms with Gasteiger partial charge in [-0.15, -0.1) is 0 Å². The number of esters is 1. The number of cyclic esters (lactones) is 1. The van der Waals surface area contributed by atoms with Crippen LogP contribution in [0.5, 0.6) is 0 Å². The van der Waals surface area contributed by atoms with Gasteiger partial charge in [0.25, 0.3) is 0 Å². The first-order valence-electron chi connectivity index (χ1n) is 20.9. The third-order valence-electron chi connectivity index (χ3n) is 16.0. The number of aliphatic hydroxyl groups is 6. The van der Waals surface area contributed by atoms with E-state index in [1.165, 1.54) is 0 Å². The molecule has 55 heavy (non-hydrogen) atoms. The maximum atomic E-state index is 12.6. The molecule has 8 rings (SSSR count). The van der Waals surface area contributed by atoms with Crippen molar-refractivity contribution in [3.8, 4) is 0 Å². The number of aliphatic hydroxyl groups excluding tert-OH is 5. The molecule has 6 N–H and O–H groups in total. The van der Waals surface area contributed by atoms with Gasteiger partial charge in [0, 0.05) is 30.8 Å². The van der Waals surface area contributed by atoms with Crippen LogP contribution >= 0.6 is 0 Å². The summed E-state index contributed by atoms with van der Waals surface area (Å²) < 4.78 is 42.1. The third kappa shape index (κ3) is 6.95. The van der Waals surface area contributed by atoms with E-state index < -0.39 is 90.9 Å². The van der Waals surface area contributed by atoms with E-state index in [2.05, 4.69) is 6.92 Å². The maximum Gasteiger partial charge on any atom is 0.331 e. The second-order valence-electron chi connectivity index (χ2n) is 18.8. The van der Waals surface area contributed by atoms with Crippen molar-refractivity contribution in [2.45, 2.75) is 197 Å². The van der Waals surface area contributed by atoms with Crippen molar-refractivity contribution in [3.05, 3.63) is 11.6 Å². The molecule has 0 bridgehead atoms. The van der Waals surface area contributed by atoms with E-state index in [1.54, 1.807) is 19.9 Å². The number of hydrogen-bond donors (Lipinski definition) is 6. The average Bonchev–Trinajstić information content (AvgIpc) is 3.67. The Morgan fingerprint density at radius 1 is 0.691 bits per heavy atom. The molecule has 312 valence electrons. The molecule has 0 amide bonds. The van der Waals surface area contributed by atoms with Gasteiger partial charge in [-0.2, -0.15) is 0 Å². The molecule has 14 heteroatoms. The van der Waals surface area contributed by atoms with Gasteiger partial charge >= 0.3 is 5.97 Å². The molecular formula is C41H64O14. The zero-order valence-corrected chi connectivity index (χ0v) is 32.9. The van der Waals surface area contributed by atoms with E-state index in [0.29, 0.717) is 18.8 Å². The van der Waals surface area contributed by atoms with Crippen LogP contribution in [0.25, 0.3) is 0 Å². The largest absolute Gasteiger partial charge is 0.458 e. The van der Waals surface area contributed by atoms with Crippen molar-refractivity contribution in [2.24, 2.45) is 34.5 Å². The Morgan fingerprint density at radius 3 is 1.87 bits per heavy atom. The summed E-state index contributed by atoms with van der Waals surface area (Å²) in [6.07, 6.45) is -1.51. The molecule has 0 spiro atoms. The summed E-state index contributed by atoms with van der Waals surface area (Å²) in [5, 5.41) is 66.9. The second kappa shape index (κ2) is 15.1. The van der Waals surface area contributed by atoms with Gasteiger partial charge in [0.2, 0.25) is 0 Å². The fourth-order valence-corrected chi connectivity index (χ4v) is 12.8. The van der Waals surface area contributed by atoms with Gasteiger partial charge in [0.05, 0.1) is 54.4 Å². The highest BCUT2D eigenvalue weighted by atomic mass is 16.7. The Labute approximate surface area is 323 Å². The molecule has 0 radical (unpaired) electrons. The van der Waals surface area contributed by atoms with Crippen molar-refractivity contribution in [1.29, 1.82) is 0 Å². The quantitative estimate of drug-likeness (QED) is 0.162. The van der Waals surface area contributed by atoms with Gasteiger partial charge in [-0.3, -0.25) is 0 Å². The third-order valence-corrected chi connectivity index (χ3v) is 16.0.